The molecule has 0 bridgehead atoms. The topological polar surface area (TPSA) is 211 Å². The first kappa shape index (κ1) is 26.9. The zero-order valence-corrected chi connectivity index (χ0v) is 19.5. The summed E-state index contributed by atoms with van der Waals surface area (Å²) >= 11 is 0. The highest BCUT2D eigenvalue weighted by Crippen LogP contribution is 2.26. The van der Waals surface area contributed by atoms with Crippen LogP contribution in [0.15, 0.2) is 35.2 Å². The maximum atomic E-state index is 12.9. The molecule has 0 saturated carbocycles. The molecule has 1 fully saturated rings. The Labute approximate surface area is 198 Å². The number of unbranched alkanes of at least 4 members (excludes halogenated alkanes) is 1. The highest BCUT2D eigenvalue weighted by molar-refractivity contribution is 7.89. The SMILES string of the molecule is NC(N)=[NH+]CCCCNC(=O)NCC(NC(=O)C1CCCN1S(=O)(=O)c1ccccc1)C(=O)O. The molecule has 2 unspecified atom stereocenters. The Balaban J connectivity index is 1.87. The van der Waals surface area contributed by atoms with Gasteiger partial charge in [-0.25, -0.2) is 18.0 Å². The minimum Gasteiger partial charge on any atom is -0.480 e. The van der Waals surface area contributed by atoms with E-state index in [1.54, 1.807) is 18.2 Å². The van der Waals surface area contributed by atoms with Crippen LogP contribution in [0.2, 0.25) is 0 Å². The number of hydrogen-bond donors (Lipinski definition) is 7. The third kappa shape index (κ3) is 7.88. The lowest BCUT2D eigenvalue weighted by molar-refractivity contribution is -0.459. The number of guanidine groups is 1. The number of carboxylic acid groups (broad SMARTS) is 1. The molecule has 1 aliphatic rings. The Hall–Kier alpha value is -3.39. The summed E-state index contributed by atoms with van der Waals surface area (Å²) < 4.78 is 26.9. The van der Waals surface area contributed by atoms with Crippen LogP contribution < -0.4 is 32.4 Å². The highest BCUT2D eigenvalue weighted by Gasteiger charge is 2.40. The van der Waals surface area contributed by atoms with Crippen molar-refractivity contribution >= 4 is 33.9 Å². The summed E-state index contributed by atoms with van der Waals surface area (Å²) in [6, 6.07) is 4.68. The average molecular weight is 499 g/mol. The fraction of sp³-hybridized carbons (Fsp3) is 0.500. The first-order chi connectivity index (χ1) is 16.1. The smallest absolute Gasteiger partial charge is 0.338 e. The number of benzene rings is 1. The van der Waals surface area contributed by atoms with E-state index in [0.717, 1.165) is 4.31 Å². The van der Waals surface area contributed by atoms with Crippen molar-refractivity contribution in [1.82, 2.24) is 20.3 Å². The van der Waals surface area contributed by atoms with E-state index in [-0.39, 0.29) is 30.4 Å². The summed E-state index contributed by atoms with van der Waals surface area (Å²) in [6.07, 6.45) is 2.07. The number of amides is 3. The van der Waals surface area contributed by atoms with Crippen LogP contribution in [-0.4, -0.2) is 80.0 Å². The molecule has 1 aliphatic heterocycles. The lowest BCUT2D eigenvalue weighted by atomic mass is 10.2. The quantitative estimate of drug-likeness (QED) is 0.0886. The third-order valence-electron chi connectivity index (χ3n) is 5.16. The fourth-order valence-corrected chi connectivity index (χ4v) is 5.11. The normalized spacial score (nSPS) is 16.9. The molecule has 0 spiro atoms. The van der Waals surface area contributed by atoms with Gasteiger partial charge in [-0.05, 0) is 37.8 Å². The molecule has 9 N–H and O–H groups in total. The fourth-order valence-electron chi connectivity index (χ4n) is 3.43. The van der Waals surface area contributed by atoms with Gasteiger partial charge in [0.1, 0.15) is 12.1 Å². The maximum absolute atomic E-state index is 12.9. The number of nitrogens with zero attached hydrogens (tertiary/aromatic N) is 1. The number of hydrogen-bond acceptors (Lipinski definition) is 5. The van der Waals surface area contributed by atoms with E-state index in [2.05, 4.69) is 20.9 Å². The van der Waals surface area contributed by atoms with E-state index < -0.39 is 40.0 Å². The number of aliphatic carboxylic acids is 1. The summed E-state index contributed by atoms with van der Waals surface area (Å²) in [5.74, 6) is -1.97. The predicted molar refractivity (Wildman–Crippen MR) is 123 cm³/mol. The molecule has 1 aromatic rings. The van der Waals surface area contributed by atoms with Crippen LogP contribution in [0.5, 0.6) is 0 Å². The second-order valence-corrected chi connectivity index (χ2v) is 9.60. The van der Waals surface area contributed by atoms with Crippen molar-refractivity contribution in [2.45, 2.75) is 42.7 Å². The Bertz CT molecular complexity index is 982. The molecule has 0 aromatic heterocycles. The van der Waals surface area contributed by atoms with E-state index in [9.17, 15) is 27.9 Å². The summed E-state index contributed by atoms with van der Waals surface area (Å²) in [5.41, 5.74) is 10.5. The molecule has 3 amide bonds. The Morgan fingerprint density at radius 2 is 1.85 bits per heavy atom. The van der Waals surface area contributed by atoms with Crippen LogP contribution in [0.1, 0.15) is 25.7 Å². The molecule has 2 atom stereocenters. The van der Waals surface area contributed by atoms with E-state index in [4.69, 9.17) is 11.5 Å². The molecule has 2 rings (SSSR count). The second kappa shape index (κ2) is 12.7. The minimum absolute atomic E-state index is 0.0585. The molecule has 14 heteroatoms. The van der Waals surface area contributed by atoms with E-state index in [1.165, 1.54) is 12.1 Å². The molecular weight excluding hydrogens is 466 g/mol. The van der Waals surface area contributed by atoms with Crippen LogP contribution in [0.3, 0.4) is 0 Å². The lowest BCUT2D eigenvalue weighted by Crippen LogP contribution is -2.78. The van der Waals surface area contributed by atoms with Crippen molar-refractivity contribution in [2.75, 3.05) is 26.2 Å². The summed E-state index contributed by atoms with van der Waals surface area (Å²) in [7, 11) is -3.91. The van der Waals surface area contributed by atoms with Crippen molar-refractivity contribution in [1.29, 1.82) is 0 Å². The van der Waals surface area contributed by atoms with Crippen LogP contribution in [0.25, 0.3) is 0 Å². The Morgan fingerprint density at radius 3 is 2.50 bits per heavy atom. The van der Waals surface area contributed by atoms with Gasteiger partial charge in [0.25, 0.3) is 0 Å². The number of carbonyl (C=O) groups is 3. The van der Waals surface area contributed by atoms with Crippen LogP contribution in [0.4, 0.5) is 4.79 Å². The summed E-state index contributed by atoms with van der Waals surface area (Å²) in [5, 5.41) is 16.8. The average Bonchev–Trinajstić information content (AvgIpc) is 3.30. The van der Waals surface area contributed by atoms with E-state index in [0.29, 0.717) is 32.4 Å². The molecule has 0 radical (unpaired) electrons. The van der Waals surface area contributed by atoms with Crippen LogP contribution >= 0.6 is 0 Å². The Morgan fingerprint density at radius 1 is 1.15 bits per heavy atom. The van der Waals surface area contributed by atoms with Gasteiger partial charge in [-0.1, -0.05) is 18.2 Å². The van der Waals surface area contributed by atoms with Crippen molar-refractivity contribution in [3.8, 4) is 0 Å². The van der Waals surface area contributed by atoms with Gasteiger partial charge >= 0.3 is 18.0 Å². The number of carboxylic acids is 1. The lowest BCUT2D eigenvalue weighted by Gasteiger charge is -2.25. The zero-order valence-electron chi connectivity index (χ0n) is 18.7. The van der Waals surface area contributed by atoms with Gasteiger partial charge in [0, 0.05) is 13.1 Å². The number of sulfonamides is 1. The molecule has 1 aromatic carbocycles. The first-order valence-electron chi connectivity index (χ1n) is 10.9. The molecular formula is C20H32N7O6S+. The molecule has 0 aliphatic carbocycles. The third-order valence-corrected chi connectivity index (χ3v) is 7.08. The van der Waals surface area contributed by atoms with Gasteiger partial charge in [-0.3, -0.25) is 21.3 Å². The predicted octanol–water partition coefficient (Wildman–Crippen LogP) is -3.16. The second-order valence-electron chi connectivity index (χ2n) is 7.71. The van der Waals surface area contributed by atoms with Crippen molar-refractivity contribution < 1.29 is 32.9 Å². The zero-order chi connectivity index (χ0) is 25.1. The van der Waals surface area contributed by atoms with Crippen molar-refractivity contribution in [3.63, 3.8) is 0 Å². The largest absolute Gasteiger partial charge is 0.480 e. The van der Waals surface area contributed by atoms with Gasteiger partial charge in [0.15, 0.2) is 0 Å². The summed E-state index contributed by atoms with van der Waals surface area (Å²) in [6.45, 7) is 0.678. The van der Waals surface area contributed by atoms with Gasteiger partial charge in [0.05, 0.1) is 18.0 Å². The molecule has 188 valence electrons. The van der Waals surface area contributed by atoms with Gasteiger partial charge in [-0.15, -0.1) is 0 Å². The monoisotopic (exact) mass is 498 g/mol. The minimum atomic E-state index is -3.91. The van der Waals surface area contributed by atoms with E-state index in [1.807, 2.05) is 0 Å². The highest BCUT2D eigenvalue weighted by atomic mass is 32.2. The molecule has 1 heterocycles. The Kier molecular flexibility index (Phi) is 10.1. The molecule has 1 saturated heterocycles. The maximum Gasteiger partial charge on any atom is 0.338 e. The number of nitrogens with one attached hydrogen (secondary N) is 4. The number of nitrogens with two attached hydrogens (primary N) is 2. The summed E-state index contributed by atoms with van der Waals surface area (Å²) in [4.78, 5) is 39.1. The number of urea groups is 1. The van der Waals surface area contributed by atoms with Gasteiger partial charge in [0.2, 0.25) is 15.9 Å². The van der Waals surface area contributed by atoms with Gasteiger partial charge < -0.3 is 21.1 Å². The van der Waals surface area contributed by atoms with Gasteiger partial charge in [-0.2, -0.15) is 4.31 Å². The molecule has 34 heavy (non-hydrogen) atoms. The first-order valence-corrected chi connectivity index (χ1v) is 12.3. The van der Waals surface area contributed by atoms with Crippen LogP contribution in [-0.2, 0) is 19.6 Å². The molecule has 13 nitrogen and oxygen atoms in total. The van der Waals surface area contributed by atoms with Crippen LogP contribution in [0, 0.1) is 0 Å². The van der Waals surface area contributed by atoms with Crippen molar-refractivity contribution in [2.24, 2.45) is 11.5 Å². The number of carbonyl (C=O) groups excluding carboxylic acids is 2. The van der Waals surface area contributed by atoms with Crippen molar-refractivity contribution in [3.05, 3.63) is 30.3 Å². The van der Waals surface area contributed by atoms with E-state index >= 15 is 0 Å². The standard InChI is InChI=1S/C20H31N7O6S/c21-19(22)23-10-4-5-11-24-20(31)25-13-15(18(29)30)26-17(28)16-9-6-12-27(16)34(32,33)14-7-2-1-3-8-14/h1-3,7-8,15-16H,4-6,9-13H2,(H,26,28)(H,29,30)(H4,21,22,23)(H2,24,25,31)/p+1. The number of rotatable bonds is 12.